The number of pyridine rings is 1. The van der Waals surface area contributed by atoms with Crippen molar-refractivity contribution in [2.24, 2.45) is 0 Å². The molecule has 0 bridgehead atoms. The fraction of sp³-hybridized carbons (Fsp3) is 0.0769. The molecule has 0 aromatic carbocycles. The summed E-state index contributed by atoms with van der Waals surface area (Å²) in [6.07, 6.45) is 5.93. The maximum absolute atomic E-state index is 12.3. The van der Waals surface area contributed by atoms with E-state index in [0.717, 1.165) is 0 Å². The Labute approximate surface area is 121 Å². The van der Waals surface area contributed by atoms with E-state index in [1.165, 1.54) is 29.4 Å². The van der Waals surface area contributed by atoms with E-state index in [4.69, 9.17) is 18.0 Å². The number of rotatable bonds is 3. The minimum Gasteiger partial charge on any atom is -0.398 e. The van der Waals surface area contributed by atoms with Crippen LogP contribution in [-0.4, -0.2) is 33.4 Å². The molecule has 1 aliphatic heterocycles. The van der Waals surface area contributed by atoms with E-state index in [9.17, 15) is 9.59 Å². The summed E-state index contributed by atoms with van der Waals surface area (Å²) in [5, 5.41) is 2.52. The number of nitrogens with one attached hydrogen (secondary N) is 1. The summed E-state index contributed by atoms with van der Waals surface area (Å²) in [4.78, 5) is 29.3. The van der Waals surface area contributed by atoms with Gasteiger partial charge in [-0.3, -0.25) is 24.8 Å². The van der Waals surface area contributed by atoms with Gasteiger partial charge in [0.05, 0.1) is 0 Å². The van der Waals surface area contributed by atoms with E-state index in [1.807, 2.05) is 0 Å². The van der Waals surface area contributed by atoms with Gasteiger partial charge < -0.3 is 5.73 Å². The van der Waals surface area contributed by atoms with Crippen LogP contribution in [0.4, 0.5) is 5.69 Å². The number of carbonyl (C=O) groups is 2. The second-order valence-corrected chi connectivity index (χ2v) is 4.41. The SMILES string of the molecule is C=CCN1C(=O)/C(=C/c2cnccc2N)C(=O)NC1=S. The van der Waals surface area contributed by atoms with Crippen molar-refractivity contribution in [1.29, 1.82) is 0 Å². The Morgan fingerprint density at radius 2 is 2.25 bits per heavy atom. The van der Waals surface area contributed by atoms with Crippen LogP contribution >= 0.6 is 12.2 Å². The number of thiocarbonyl (C=S) groups is 1. The van der Waals surface area contributed by atoms with Crippen LogP contribution in [-0.2, 0) is 9.59 Å². The lowest BCUT2D eigenvalue weighted by molar-refractivity contribution is -0.128. The van der Waals surface area contributed by atoms with E-state index in [-0.39, 0.29) is 17.2 Å². The lowest BCUT2D eigenvalue weighted by atomic mass is 10.1. The fourth-order valence-corrected chi connectivity index (χ4v) is 1.93. The van der Waals surface area contributed by atoms with Gasteiger partial charge in [0.1, 0.15) is 5.57 Å². The number of nitrogens with two attached hydrogens (primary N) is 1. The molecule has 0 spiro atoms. The number of carbonyl (C=O) groups excluding carboxylic acids is 2. The van der Waals surface area contributed by atoms with Crippen LogP contribution in [0.2, 0.25) is 0 Å². The first kappa shape index (κ1) is 13.9. The third kappa shape index (κ3) is 2.57. The molecule has 0 atom stereocenters. The number of nitrogen functional groups attached to an aromatic ring is 1. The summed E-state index contributed by atoms with van der Waals surface area (Å²) in [5.74, 6) is -1.04. The molecular formula is C13H12N4O2S. The van der Waals surface area contributed by atoms with Crippen molar-refractivity contribution in [3.8, 4) is 0 Å². The smallest absolute Gasteiger partial charge is 0.265 e. The van der Waals surface area contributed by atoms with Crippen LogP contribution in [0.3, 0.4) is 0 Å². The molecule has 0 saturated carbocycles. The largest absolute Gasteiger partial charge is 0.398 e. The van der Waals surface area contributed by atoms with Gasteiger partial charge in [0.15, 0.2) is 5.11 Å². The molecule has 0 unspecified atom stereocenters. The highest BCUT2D eigenvalue weighted by atomic mass is 32.1. The summed E-state index contributed by atoms with van der Waals surface area (Å²) in [5.41, 5.74) is 6.65. The van der Waals surface area contributed by atoms with Gasteiger partial charge in [-0.25, -0.2) is 0 Å². The lowest BCUT2D eigenvalue weighted by Gasteiger charge is -2.27. The third-order valence-corrected chi connectivity index (χ3v) is 3.01. The standard InChI is InChI=1S/C13H12N4O2S/c1-2-5-17-12(19)9(11(18)16-13(17)20)6-8-7-15-4-3-10(8)14/h2-4,6-7H,1,5H2,(H2,14,15)(H,16,18,20)/b9-6+. The summed E-state index contributed by atoms with van der Waals surface area (Å²) in [7, 11) is 0. The average molecular weight is 288 g/mol. The molecular weight excluding hydrogens is 276 g/mol. The van der Waals surface area contributed by atoms with Gasteiger partial charge in [0, 0.05) is 30.2 Å². The molecule has 6 nitrogen and oxygen atoms in total. The van der Waals surface area contributed by atoms with E-state index in [1.54, 1.807) is 6.07 Å². The van der Waals surface area contributed by atoms with Crippen molar-refractivity contribution >= 4 is 40.9 Å². The van der Waals surface area contributed by atoms with Crippen LogP contribution in [0.1, 0.15) is 5.56 Å². The monoisotopic (exact) mass is 288 g/mol. The molecule has 1 aliphatic rings. The topological polar surface area (TPSA) is 88.3 Å². The molecule has 1 fully saturated rings. The van der Waals surface area contributed by atoms with Crippen molar-refractivity contribution in [2.45, 2.75) is 0 Å². The molecule has 0 aliphatic carbocycles. The van der Waals surface area contributed by atoms with Crippen molar-refractivity contribution in [2.75, 3.05) is 12.3 Å². The molecule has 102 valence electrons. The number of amides is 2. The molecule has 1 aromatic rings. The van der Waals surface area contributed by atoms with Gasteiger partial charge in [0.25, 0.3) is 11.8 Å². The van der Waals surface area contributed by atoms with Crippen LogP contribution in [0, 0.1) is 0 Å². The Bertz CT molecular complexity index is 639. The third-order valence-electron chi connectivity index (χ3n) is 2.68. The Balaban J connectivity index is 2.42. The molecule has 2 amide bonds. The number of anilines is 1. The summed E-state index contributed by atoms with van der Waals surface area (Å²) < 4.78 is 0. The maximum atomic E-state index is 12.3. The summed E-state index contributed by atoms with van der Waals surface area (Å²) in [6.45, 7) is 3.77. The van der Waals surface area contributed by atoms with Crippen LogP contribution in [0.25, 0.3) is 6.08 Å². The molecule has 7 heteroatoms. The van der Waals surface area contributed by atoms with Crippen molar-refractivity contribution in [3.05, 3.63) is 42.3 Å². The Kier molecular flexibility index (Phi) is 3.90. The second kappa shape index (κ2) is 5.62. The molecule has 20 heavy (non-hydrogen) atoms. The van der Waals surface area contributed by atoms with Gasteiger partial charge in [-0.2, -0.15) is 0 Å². The molecule has 2 rings (SSSR count). The van der Waals surface area contributed by atoms with Crippen molar-refractivity contribution in [1.82, 2.24) is 15.2 Å². The summed E-state index contributed by atoms with van der Waals surface area (Å²) in [6, 6.07) is 1.59. The van der Waals surface area contributed by atoms with E-state index in [2.05, 4.69) is 16.9 Å². The van der Waals surface area contributed by atoms with Crippen LogP contribution in [0.15, 0.2) is 36.7 Å². The van der Waals surface area contributed by atoms with Crippen molar-refractivity contribution in [3.63, 3.8) is 0 Å². The minimum atomic E-state index is -0.552. The van der Waals surface area contributed by atoms with Gasteiger partial charge in [-0.1, -0.05) is 6.08 Å². The van der Waals surface area contributed by atoms with Crippen molar-refractivity contribution < 1.29 is 9.59 Å². The highest BCUT2D eigenvalue weighted by Gasteiger charge is 2.32. The minimum absolute atomic E-state index is 0.0415. The molecule has 1 saturated heterocycles. The first-order chi connectivity index (χ1) is 9.54. The number of hydrogen-bond donors (Lipinski definition) is 2. The summed E-state index contributed by atoms with van der Waals surface area (Å²) >= 11 is 4.95. The number of hydrogen-bond acceptors (Lipinski definition) is 5. The van der Waals surface area contributed by atoms with E-state index >= 15 is 0 Å². The average Bonchev–Trinajstić information content (AvgIpc) is 2.41. The van der Waals surface area contributed by atoms with Crippen LogP contribution < -0.4 is 11.1 Å². The lowest BCUT2D eigenvalue weighted by Crippen LogP contribution is -2.53. The predicted octanol–water partition coefficient (Wildman–Crippen LogP) is 0.477. The molecule has 1 aromatic heterocycles. The quantitative estimate of drug-likeness (QED) is 0.365. The Morgan fingerprint density at radius 3 is 2.90 bits per heavy atom. The number of aromatic nitrogens is 1. The fourth-order valence-electron chi connectivity index (χ4n) is 1.68. The van der Waals surface area contributed by atoms with E-state index in [0.29, 0.717) is 11.3 Å². The zero-order valence-corrected chi connectivity index (χ0v) is 11.3. The second-order valence-electron chi connectivity index (χ2n) is 4.03. The predicted molar refractivity (Wildman–Crippen MR) is 79.3 cm³/mol. The first-order valence-electron chi connectivity index (χ1n) is 5.74. The van der Waals surface area contributed by atoms with E-state index < -0.39 is 11.8 Å². The Morgan fingerprint density at radius 1 is 1.50 bits per heavy atom. The maximum Gasteiger partial charge on any atom is 0.265 e. The molecule has 0 radical (unpaired) electrons. The zero-order valence-electron chi connectivity index (χ0n) is 10.5. The molecule has 2 heterocycles. The Hall–Kier alpha value is -2.54. The zero-order chi connectivity index (χ0) is 14.7. The van der Waals surface area contributed by atoms with Gasteiger partial charge in [0.2, 0.25) is 0 Å². The highest BCUT2D eigenvalue weighted by Crippen LogP contribution is 2.17. The number of nitrogens with zero attached hydrogens (tertiary/aromatic N) is 2. The van der Waals surface area contributed by atoms with Gasteiger partial charge in [-0.05, 0) is 24.4 Å². The van der Waals surface area contributed by atoms with Crippen LogP contribution in [0.5, 0.6) is 0 Å². The molecule has 3 N–H and O–H groups in total. The first-order valence-corrected chi connectivity index (χ1v) is 6.14. The normalized spacial score (nSPS) is 17.3. The highest BCUT2D eigenvalue weighted by molar-refractivity contribution is 7.80. The van der Waals surface area contributed by atoms with Gasteiger partial charge >= 0.3 is 0 Å². The van der Waals surface area contributed by atoms with Gasteiger partial charge in [-0.15, -0.1) is 6.58 Å².